The largest absolute Gasteiger partial charge is 0.350 e. The van der Waals surface area contributed by atoms with Gasteiger partial charge in [0.05, 0.1) is 23.1 Å². The van der Waals surface area contributed by atoms with E-state index in [1.165, 1.54) is 0 Å². The molecule has 0 bridgehead atoms. The SMILES string of the molecule is CCc1nn(C)cc1CNc1ncc(Cl)cn1. The molecular weight excluding hydrogens is 238 g/mol. The van der Waals surface area contributed by atoms with Crippen LogP contribution in [0.3, 0.4) is 0 Å². The normalized spacial score (nSPS) is 10.5. The van der Waals surface area contributed by atoms with Crippen molar-refractivity contribution in [3.8, 4) is 0 Å². The van der Waals surface area contributed by atoms with Gasteiger partial charge in [-0.05, 0) is 6.42 Å². The van der Waals surface area contributed by atoms with Gasteiger partial charge in [-0.1, -0.05) is 18.5 Å². The van der Waals surface area contributed by atoms with Crippen molar-refractivity contribution in [1.82, 2.24) is 19.7 Å². The quantitative estimate of drug-likeness (QED) is 0.904. The van der Waals surface area contributed by atoms with Gasteiger partial charge < -0.3 is 5.32 Å². The van der Waals surface area contributed by atoms with Gasteiger partial charge in [0.1, 0.15) is 0 Å². The zero-order valence-corrected chi connectivity index (χ0v) is 10.6. The van der Waals surface area contributed by atoms with E-state index >= 15 is 0 Å². The van der Waals surface area contributed by atoms with Crippen molar-refractivity contribution >= 4 is 17.5 Å². The summed E-state index contributed by atoms with van der Waals surface area (Å²) in [6, 6.07) is 0. The Kier molecular flexibility index (Phi) is 3.58. The lowest BCUT2D eigenvalue weighted by Gasteiger charge is -2.03. The number of aromatic nitrogens is 4. The van der Waals surface area contributed by atoms with Crippen molar-refractivity contribution in [2.45, 2.75) is 19.9 Å². The van der Waals surface area contributed by atoms with E-state index < -0.39 is 0 Å². The molecule has 5 nitrogen and oxygen atoms in total. The second-order valence-corrected chi connectivity index (χ2v) is 4.14. The highest BCUT2D eigenvalue weighted by Crippen LogP contribution is 2.10. The van der Waals surface area contributed by atoms with Gasteiger partial charge in [0.25, 0.3) is 0 Å². The van der Waals surface area contributed by atoms with Crippen LogP contribution < -0.4 is 5.32 Å². The average Bonchev–Trinajstić information content (AvgIpc) is 2.69. The molecule has 2 aromatic heterocycles. The van der Waals surface area contributed by atoms with E-state index in [1.54, 1.807) is 12.4 Å². The van der Waals surface area contributed by atoms with E-state index in [1.807, 2.05) is 17.9 Å². The van der Waals surface area contributed by atoms with Crippen LogP contribution in [0.4, 0.5) is 5.95 Å². The fourth-order valence-corrected chi connectivity index (χ4v) is 1.70. The second kappa shape index (κ2) is 5.14. The first-order valence-electron chi connectivity index (χ1n) is 5.42. The number of nitrogens with one attached hydrogen (secondary N) is 1. The van der Waals surface area contributed by atoms with Gasteiger partial charge in [0.2, 0.25) is 5.95 Å². The van der Waals surface area contributed by atoms with Crippen molar-refractivity contribution in [3.05, 3.63) is 34.9 Å². The highest BCUT2D eigenvalue weighted by molar-refractivity contribution is 6.30. The summed E-state index contributed by atoms with van der Waals surface area (Å²) in [5, 5.41) is 8.05. The summed E-state index contributed by atoms with van der Waals surface area (Å²) < 4.78 is 1.82. The van der Waals surface area contributed by atoms with Gasteiger partial charge in [0, 0.05) is 25.4 Å². The summed E-state index contributed by atoms with van der Waals surface area (Å²) >= 11 is 5.71. The topological polar surface area (TPSA) is 55.6 Å². The highest BCUT2D eigenvalue weighted by atomic mass is 35.5. The first kappa shape index (κ1) is 11.9. The van der Waals surface area contributed by atoms with Crippen LogP contribution in [-0.2, 0) is 20.0 Å². The van der Waals surface area contributed by atoms with Crippen molar-refractivity contribution in [2.75, 3.05) is 5.32 Å². The fraction of sp³-hybridized carbons (Fsp3) is 0.364. The Labute approximate surface area is 105 Å². The molecule has 2 heterocycles. The van der Waals surface area contributed by atoms with Gasteiger partial charge in [-0.15, -0.1) is 0 Å². The molecule has 0 amide bonds. The minimum Gasteiger partial charge on any atom is -0.350 e. The number of hydrogen-bond donors (Lipinski definition) is 1. The smallest absolute Gasteiger partial charge is 0.222 e. The summed E-state index contributed by atoms with van der Waals surface area (Å²) in [6.07, 6.45) is 6.06. The molecule has 0 radical (unpaired) electrons. The number of anilines is 1. The third kappa shape index (κ3) is 2.94. The predicted molar refractivity (Wildman–Crippen MR) is 67.0 cm³/mol. The van der Waals surface area contributed by atoms with Gasteiger partial charge in [0.15, 0.2) is 0 Å². The number of halogens is 1. The lowest BCUT2D eigenvalue weighted by atomic mass is 10.2. The summed E-state index contributed by atoms with van der Waals surface area (Å²) in [5.74, 6) is 0.570. The van der Waals surface area contributed by atoms with Crippen molar-refractivity contribution < 1.29 is 0 Å². The maximum atomic E-state index is 5.71. The van der Waals surface area contributed by atoms with Gasteiger partial charge >= 0.3 is 0 Å². The number of rotatable bonds is 4. The first-order chi connectivity index (χ1) is 8.19. The Hall–Kier alpha value is -1.62. The molecule has 17 heavy (non-hydrogen) atoms. The van der Waals surface area contributed by atoms with E-state index in [-0.39, 0.29) is 0 Å². The lowest BCUT2D eigenvalue weighted by Crippen LogP contribution is -2.04. The maximum absolute atomic E-state index is 5.71. The summed E-state index contributed by atoms with van der Waals surface area (Å²) in [6.45, 7) is 2.75. The van der Waals surface area contributed by atoms with E-state index in [0.29, 0.717) is 17.5 Å². The molecular formula is C11H14ClN5. The number of aryl methyl sites for hydroxylation is 2. The number of nitrogens with zero attached hydrogens (tertiary/aromatic N) is 4. The van der Waals surface area contributed by atoms with Crippen LogP contribution in [0.15, 0.2) is 18.6 Å². The second-order valence-electron chi connectivity index (χ2n) is 3.71. The molecule has 0 aromatic carbocycles. The van der Waals surface area contributed by atoms with Crippen LogP contribution in [0.5, 0.6) is 0 Å². The minimum atomic E-state index is 0.533. The zero-order valence-electron chi connectivity index (χ0n) is 9.81. The Morgan fingerprint density at radius 2 is 2.06 bits per heavy atom. The molecule has 0 unspecified atom stereocenters. The van der Waals surface area contributed by atoms with Crippen LogP contribution in [0, 0.1) is 0 Å². The molecule has 2 rings (SSSR count). The molecule has 0 atom stereocenters. The molecule has 0 fully saturated rings. The fourth-order valence-electron chi connectivity index (χ4n) is 1.61. The lowest BCUT2D eigenvalue weighted by molar-refractivity contribution is 0.746. The molecule has 0 aliphatic rings. The molecule has 0 saturated carbocycles. The third-order valence-electron chi connectivity index (χ3n) is 2.38. The molecule has 1 N–H and O–H groups in total. The van der Waals surface area contributed by atoms with Crippen LogP contribution in [0.1, 0.15) is 18.2 Å². The Bertz CT molecular complexity index is 491. The van der Waals surface area contributed by atoms with E-state index in [2.05, 4.69) is 27.3 Å². The average molecular weight is 252 g/mol. The van der Waals surface area contributed by atoms with Crippen LogP contribution in [0.25, 0.3) is 0 Å². The molecule has 2 aromatic rings. The molecule has 0 aliphatic heterocycles. The maximum Gasteiger partial charge on any atom is 0.222 e. The minimum absolute atomic E-state index is 0.533. The molecule has 6 heteroatoms. The monoisotopic (exact) mass is 251 g/mol. The summed E-state index contributed by atoms with van der Waals surface area (Å²) in [7, 11) is 1.92. The Morgan fingerprint density at radius 1 is 1.35 bits per heavy atom. The zero-order chi connectivity index (χ0) is 12.3. The van der Waals surface area contributed by atoms with Crippen LogP contribution in [0.2, 0.25) is 5.02 Å². The summed E-state index contributed by atoms with van der Waals surface area (Å²) in [4.78, 5) is 8.15. The third-order valence-corrected chi connectivity index (χ3v) is 2.58. The molecule has 0 aliphatic carbocycles. The highest BCUT2D eigenvalue weighted by Gasteiger charge is 2.05. The molecule has 0 spiro atoms. The predicted octanol–water partition coefficient (Wildman–Crippen LogP) is 2.04. The van der Waals surface area contributed by atoms with Crippen LogP contribution in [-0.4, -0.2) is 19.7 Å². The van der Waals surface area contributed by atoms with Crippen molar-refractivity contribution in [1.29, 1.82) is 0 Å². The Morgan fingerprint density at radius 3 is 2.71 bits per heavy atom. The van der Waals surface area contributed by atoms with E-state index in [0.717, 1.165) is 17.7 Å². The van der Waals surface area contributed by atoms with E-state index in [9.17, 15) is 0 Å². The number of hydrogen-bond acceptors (Lipinski definition) is 4. The van der Waals surface area contributed by atoms with Crippen molar-refractivity contribution in [2.24, 2.45) is 7.05 Å². The molecule has 0 saturated heterocycles. The van der Waals surface area contributed by atoms with Crippen LogP contribution >= 0.6 is 11.6 Å². The first-order valence-corrected chi connectivity index (χ1v) is 5.79. The van der Waals surface area contributed by atoms with E-state index in [4.69, 9.17) is 11.6 Å². The van der Waals surface area contributed by atoms with Crippen molar-refractivity contribution in [3.63, 3.8) is 0 Å². The van der Waals surface area contributed by atoms with Gasteiger partial charge in [-0.2, -0.15) is 5.10 Å². The van der Waals surface area contributed by atoms with Gasteiger partial charge in [-0.3, -0.25) is 4.68 Å². The summed E-state index contributed by atoms with van der Waals surface area (Å²) in [5.41, 5.74) is 2.25. The Balaban J connectivity index is 2.04. The molecule has 90 valence electrons. The standard InChI is InChI=1S/C11H14ClN5/c1-3-10-8(7-17(2)16-10)4-13-11-14-5-9(12)6-15-11/h5-7H,3-4H2,1-2H3,(H,13,14,15). The van der Waals surface area contributed by atoms with Gasteiger partial charge in [-0.25, -0.2) is 9.97 Å².